The Bertz CT molecular complexity index is 998. The highest BCUT2D eigenvalue weighted by atomic mass is 32.1. The van der Waals surface area contributed by atoms with Crippen LogP contribution < -0.4 is 16.6 Å². The van der Waals surface area contributed by atoms with Crippen LogP contribution in [0.25, 0.3) is 11.2 Å². The molecule has 0 fully saturated rings. The van der Waals surface area contributed by atoms with Crippen molar-refractivity contribution in [2.45, 2.75) is 19.4 Å². The number of imidazole rings is 1. The highest BCUT2D eigenvalue weighted by Crippen LogP contribution is 2.11. The Balaban J connectivity index is 1.73. The second-order valence-electron chi connectivity index (χ2n) is 5.30. The van der Waals surface area contributed by atoms with Gasteiger partial charge in [-0.05, 0) is 6.42 Å². The lowest BCUT2D eigenvalue weighted by Crippen LogP contribution is -2.37. The zero-order chi connectivity index (χ0) is 17.3. The molecule has 0 aliphatic heterocycles. The number of thiazole rings is 1. The van der Waals surface area contributed by atoms with Crippen LogP contribution in [-0.4, -0.2) is 29.6 Å². The highest BCUT2D eigenvalue weighted by Gasteiger charge is 2.14. The third-order valence-electron chi connectivity index (χ3n) is 3.70. The first-order valence-electron chi connectivity index (χ1n) is 7.29. The molecule has 3 aromatic heterocycles. The number of aryl methyl sites for hydroxylation is 2. The lowest BCUT2D eigenvalue weighted by molar-refractivity contribution is -0.116. The summed E-state index contributed by atoms with van der Waals surface area (Å²) in [5, 5.41) is 5.06. The van der Waals surface area contributed by atoms with Gasteiger partial charge < -0.3 is 9.88 Å². The normalized spacial score (nSPS) is 11.1. The molecule has 0 atom stereocenters. The maximum Gasteiger partial charge on any atom is 0.332 e. The van der Waals surface area contributed by atoms with Crippen molar-refractivity contribution < 1.29 is 4.79 Å². The van der Waals surface area contributed by atoms with Gasteiger partial charge in [-0.3, -0.25) is 18.7 Å². The summed E-state index contributed by atoms with van der Waals surface area (Å²) in [4.78, 5) is 44.2. The molecule has 0 aromatic carbocycles. The van der Waals surface area contributed by atoms with Gasteiger partial charge in [0.05, 0.1) is 6.33 Å². The van der Waals surface area contributed by atoms with Gasteiger partial charge in [0.25, 0.3) is 5.56 Å². The highest BCUT2D eigenvalue weighted by molar-refractivity contribution is 7.13. The molecule has 0 radical (unpaired) electrons. The predicted molar refractivity (Wildman–Crippen MR) is 90.2 cm³/mol. The van der Waals surface area contributed by atoms with E-state index in [1.54, 1.807) is 23.2 Å². The topological polar surface area (TPSA) is 104 Å². The van der Waals surface area contributed by atoms with Gasteiger partial charge in [0, 0.05) is 38.6 Å². The summed E-state index contributed by atoms with van der Waals surface area (Å²) in [6.07, 6.45) is 3.97. The minimum atomic E-state index is -0.416. The van der Waals surface area contributed by atoms with Crippen LogP contribution in [0, 0.1) is 0 Å². The maximum atomic E-state index is 12.3. The van der Waals surface area contributed by atoms with Crippen LogP contribution >= 0.6 is 11.3 Å². The molecule has 0 aliphatic rings. The van der Waals surface area contributed by atoms with Crippen molar-refractivity contribution in [1.29, 1.82) is 0 Å². The molecule has 24 heavy (non-hydrogen) atoms. The van der Waals surface area contributed by atoms with Gasteiger partial charge in [-0.25, -0.2) is 14.8 Å². The summed E-state index contributed by atoms with van der Waals surface area (Å²) in [5.41, 5.74) is -0.103. The molecular weight excluding hydrogens is 332 g/mol. The monoisotopic (exact) mass is 348 g/mol. The molecule has 0 saturated carbocycles. The number of carbonyl (C=O) groups excluding carboxylic acids is 1. The molecule has 10 heteroatoms. The van der Waals surface area contributed by atoms with Crippen molar-refractivity contribution in [1.82, 2.24) is 23.7 Å². The quantitative estimate of drug-likeness (QED) is 0.715. The number of anilines is 1. The molecule has 1 N–H and O–H groups in total. The number of hydrogen-bond acceptors (Lipinski definition) is 6. The third kappa shape index (κ3) is 2.87. The maximum absolute atomic E-state index is 12.3. The molecule has 0 unspecified atom stereocenters. The minimum Gasteiger partial charge on any atom is -0.325 e. The Hall–Kier alpha value is -2.75. The Morgan fingerprint density at radius 3 is 2.75 bits per heavy atom. The molecule has 1 amide bonds. The van der Waals surface area contributed by atoms with E-state index >= 15 is 0 Å². The molecule has 0 aliphatic carbocycles. The lowest BCUT2D eigenvalue weighted by Gasteiger charge is -2.06. The van der Waals surface area contributed by atoms with Gasteiger partial charge in [-0.15, -0.1) is 11.3 Å². The number of fused-ring (bicyclic) bond motifs is 1. The summed E-state index contributed by atoms with van der Waals surface area (Å²) < 4.78 is 4.06. The summed E-state index contributed by atoms with van der Waals surface area (Å²) in [7, 11) is 3.01. The standard InChI is InChI=1S/C14H16N6O3S/c1-18-11-10(12(22)19(2)14(18)23)20(8-16-11)6-3-4-9(21)17-13-15-5-7-24-13/h5,7-8H,3-4,6H2,1-2H3,(H,15,17,21). The van der Waals surface area contributed by atoms with Gasteiger partial charge in [0.15, 0.2) is 16.3 Å². The smallest absolute Gasteiger partial charge is 0.325 e. The van der Waals surface area contributed by atoms with Crippen LogP contribution in [0.5, 0.6) is 0 Å². The molecule has 3 heterocycles. The number of rotatable bonds is 5. The van der Waals surface area contributed by atoms with E-state index in [0.29, 0.717) is 35.7 Å². The van der Waals surface area contributed by atoms with E-state index in [1.807, 2.05) is 0 Å². The third-order valence-corrected chi connectivity index (χ3v) is 4.39. The first-order valence-corrected chi connectivity index (χ1v) is 8.17. The Morgan fingerprint density at radius 1 is 1.25 bits per heavy atom. The van der Waals surface area contributed by atoms with E-state index in [0.717, 1.165) is 4.57 Å². The Morgan fingerprint density at radius 2 is 2.04 bits per heavy atom. The first kappa shape index (κ1) is 16.1. The van der Waals surface area contributed by atoms with Crippen LogP contribution in [0.3, 0.4) is 0 Å². The van der Waals surface area contributed by atoms with E-state index in [1.165, 1.54) is 29.3 Å². The van der Waals surface area contributed by atoms with E-state index < -0.39 is 11.2 Å². The second kappa shape index (κ2) is 6.40. The fourth-order valence-corrected chi connectivity index (χ4v) is 2.99. The average molecular weight is 348 g/mol. The average Bonchev–Trinajstić information content (AvgIpc) is 3.20. The zero-order valence-corrected chi connectivity index (χ0v) is 14.0. The first-order chi connectivity index (χ1) is 11.5. The molecular formula is C14H16N6O3S. The van der Waals surface area contributed by atoms with E-state index in [-0.39, 0.29) is 5.91 Å². The molecule has 3 aromatic rings. The predicted octanol–water partition coefficient (Wildman–Crippen LogP) is 0.309. The van der Waals surface area contributed by atoms with Crippen molar-refractivity contribution in [2.24, 2.45) is 14.1 Å². The van der Waals surface area contributed by atoms with Gasteiger partial charge in [-0.1, -0.05) is 0 Å². The number of aromatic nitrogens is 5. The zero-order valence-electron chi connectivity index (χ0n) is 13.2. The largest absolute Gasteiger partial charge is 0.332 e. The number of amides is 1. The van der Waals surface area contributed by atoms with Crippen LogP contribution in [0.2, 0.25) is 0 Å². The fraction of sp³-hybridized carbons (Fsp3) is 0.357. The molecule has 0 spiro atoms. The van der Waals surface area contributed by atoms with Crippen LogP contribution in [0.15, 0.2) is 27.5 Å². The second-order valence-corrected chi connectivity index (χ2v) is 6.20. The van der Waals surface area contributed by atoms with Crippen LogP contribution in [0.4, 0.5) is 5.13 Å². The van der Waals surface area contributed by atoms with E-state index in [2.05, 4.69) is 15.3 Å². The van der Waals surface area contributed by atoms with Crippen LogP contribution in [0.1, 0.15) is 12.8 Å². The van der Waals surface area contributed by atoms with Gasteiger partial charge in [0.1, 0.15) is 0 Å². The molecule has 126 valence electrons. The number of hydrogen-bond donors (Lipinski definition) is 1. The van der Waals surface area contributed by atoms with Gasteiger partial charge in [-0.2, -0.15) is 0 Å². The van der Waals surface area contributed by atoms with Crippen molar-refractivity contribution in [2.75, 3.05) is 5.32 Å². The number of nitrogens with zero attached hydrogens (tertiary/aromatic N) is 5. The molecule has 0 saturated heterocycles. The Labute approximate surface area is 140 Å². The molecule has 3 rings (SSSR count). The molecule has 9 nitrogen and oxygen atoms in total. The summed E-state index contributed by atoms with van der Waals surface area (Å²) >= 11 is 1.36. The summed E-state index contributed by atoms with van der Waals surface area (Å²) in [5.74, 6) is -0.130. The summed E-state index contributed by atoms with van der Waals surface area (Å²) in [6.45, 7) is 0.454. The van der Waals surface area contributed by atoms with E-state index in [4.69, 9.17) is 0 Å². The van der Waals surface area contributed by atoms with Gasteiger partial charge >= 0.3 is 5.69 Å². The van der Waals surface area contributed by atoms with E-state index in [9.17, 15) is 14.4 Å². The summed E-state index contributed by atoms with van der Waals surface area (Å²) in [6, 6.07) is 0. The van der Waals surface area contributed by atoms with Crippen LogP contribution in [-0.2, 0) is 25.4 Å². The van der Waals surface area contributed by atoms with Gasteiger partial charge in [0.2, 0.25) is 5.91 Å². The van der Waals surface area contributed by atoms with Crippen molar-refractivity contribution >= 4 is 33.5 Å². The molecule has 0 bridgehead atoms. The Kier molecular flexibility index (Phi) is 4.30. The lowest BCUT2D eigenvalue weighted by atomic mass is 10.3. The van der Waals surface area contributed by atoms with Crippen molar-refractivity contribution in [3.8, 4) is 0 Å². The van der Waals surface area contributed by atoms with Crippen molar-refractivity contribution in [3.63, 3.8) is 0 Å². The number of carbonyl (C=O) groups is 1. The number of nitrogens with one attached hydrogen (secondary N) is 1. The minimum absolute atomic E-state index is 0.130. The SMILES string of the molecule is Cn1c(=O)c2c(ncn2CCCC(=O)Nc2nccs2)n(C)c1=O. The fourth-order valence-electron chi connectivity index (χ4n) is 2.44. The van der Waals surface area contributed by atoms with Crippen molar-refractivity contribution in [3.05, 3.63) is 38.7 Å².